The number of benzene rings is 2. The molecule has 0 aliphatic carbocycles. The summed E-state index contributed by atoms with van der Waals surface area (Å²) < 4.78 is 1.97. The Morgan fingerprint density at radius 1 is 1.13 bits per heavy atom. The van der Waals surface area contributed by atoms with Crippen LogP contribution in [0.2, 0.25) is 0 Å². The third kappa shape index (κ3) is 5.04. The largest absolute Gasteiger partial charge is 0.355 e. The molecule has 1 heterocycles. The molecule has 7 nitrogen and oxygen atoms in total. The quantitative estimate of drug-likeness (QED) is 0.284. The Kier molecular flexibility index (Phi) is 7.19. The second-order valence-electron chi connectivity index (χ2n) is 7.54. The van der Waals surface area contributed by atoms with Gasteiger partial charge in [0.05, 0.1) is 12.5 Å². The van der Waals surface area contributed by atoms with E-state index >= 15 is 0 Å². The molecule has 1 aromatic heterocycles. The van der Waals surface area contributed by atoms with Crippen LogP contribution in [0.25, 0.3) is 0 Å². The fraction of sp³-hybridized carbons (Fsp3) is 0.348. The molecule has 1 amide bonds. The second kappa shape index (κ2) is 10.0. The Bertz CT molecular complexity index is 948. The van der Waals surface area contributed by atoms with Crippen LogP contribution in [-0.2, 0) is 11.2 Å². The van der Waals surface area contributed by atoms with E-state index in [9.17, 15) is 4.79 Å². The highest BCUT2D eigenvalue weighted by molar-refractivity contribution is 5.78. The van der Waals surface area contributed by atoms with Gasteiger partial charge in [0.15, 0.2) is 0 Å². The number of hydrazine groups is 1. The molecule has 0 aliphatic heterocycles. The van der Waals surface area contributed by atoms with Gasteiger partial charge in [-0.2, -0.15) is 5.10 Å². The summed E-state index contributed by atoms with van der Waals surface area (Å²) in [7, 11) is 0. The van der Waals surface area contributed by atoms with Gasteiger partial charge in [-0.05, 0) is 47.7 Å². The van der Waals surface area contributed by atoms with E-state index in [0.29, 0.717) is 5.92 Å². The van der Waals surface area contributed by atoms with Crippen molar-refractivity contribution in [2.75, 3.05) is 5.32 Å². The van der Waals surface area contributed by atoms with Gasteiger partial charge in [-0.25, -0.2) is 15.5 Å². The van der Waals surface area contributed by atoms with Crippen molar-refractivity contribution >= 4 is 17.3 Å². The van der Waals surface area contributed by atoms with E-state index in [1.54, 1.807) is 12.7 Å². The first-order chi connectivity index (χ1) is 14.5. The molecular weight excluding hydrogens is 376 g/mol. The van der Waals surface area contributed by atoms with Crippen LogP contribution in [0.5, 0.6) is 0 Å². The van der Waals surface area contributed by atoms with E-state index in [0.717, 1.165) is 35.3 Å². The Morgan fingerprint density at radius 2 is 1.87 bits per heavy atom. The van der Waals surface area contributed by atoms with Gasteiger partial charge >= 0.3 is 0 Å². The number of hydrogen-bond donors (Lipinski definition) is 3. The van der Waals surface area contributed by atoms with E-state index in [1.165, 1.54) is 5.56 Å². The number of aryl methyl sites for hydroxylation is 1. The fourth-order valence-electron chi connectivity index (χ4n) is 3.85. The van der Waals surface area contributed by atoms with Gasteiger partial charge in [0.25, 0.3) is 0 Å². The Labute approximate surface area is 177 Å². The van der Waals surface area contributed by atoms with Gasteiger partial charge in [0.1, 0.15) is 12.7 Å². The van der Waals surface area contributed by atoms with Crippen molar-refractivity contribution in [1.82, 2.24) is 20.2 Å². The standard InChI is InChI=1S/C23H30N6O/c1-4-18(5-2)23(29-15-25-14-26-29)19-8-11-21(16(3)12-19)27-20-9-6-17(7-10-20)13-22(30)28-24/h6-12,14-15,18,23,27H,4-5,13,24H2,1-3H3,(H,28,30). The lowest BCUT2D eigenvalue weighted by Gasteiger charge is -2.26. The maximum absolute atomic E-state index is 11.4. The zero-order chi connectivity index (χ0) is 21.5. The molecular formula is C23H30N6O. The molecule has 30 heavy (non-hydrogen) atoms. The molecule has 4 N–H and O–H groups in total. The highest BCUT2D eigenvalue weighted by Crippen LogP contribution is 2.33. The number of nitrogens with zero attached hydrogens (tertiary/aromatic N) is 3. The third-order valence-corrected chi connectivity index (χ3v) is 5.57. The highest BCUT2D eigenvalue weighted by atomic mass is 16.2. The molecule has 7 heteroatoms. The van der Waals surface area contributed by atoms with Crippen molar-refractivity contribution < 1.29 is 4.79 Å². The predicted molar refractivity (Wildman–Crippen MR) is 119 cm³/mol. The summed E-state index contributed by atoms with van der Waals surface area (Å²) in [5, 5.41) is 7.88. The number of nitrogens with two attached hydrogens (primary N) is 1. The minimum Gasteiger partial charge on any atom is -0.355 e. The second-order valence-corrected chi connectivity index (χ2v) is 7.54. The maximum atomic E-state index is 11.4. The number of carbonyl (C=O) groups excluding carboxylic acids is 1. The first kappa shape index (κ1) is 21.5. The van der Waals surface area contributed by atoms with Crippen molar-refractivity contribution in [3.8, 4) is 0 Å². The number of carbonyl (C=O) groups is 1. The summed E-state index contributed by atoms with van der Waals surface area (Å²) in [5.74, 6) is 5.43. The van der Waals surface area contributed by atoms with Crippen molar-refractivity contribution in [3.63, 3.8) is 0 Å². The van der Waals surface area contributed by atoms with E-state index < -0.39 is 0 Å². The molecule has 0 fully saturated rings. The minimum atomic E-state index is -0.207. The number of amides is 1. The summed E-state index contributed by atoms with van der Waals surface area (Å²) in [4.78, 5) is 15.6. The summed E-state index contributed by atoms with van der Waals surface area (Å²) in [6.45, 7) is 6.56. The zero-order valence-electron chi connectivity index (χ0n) is 17.8. The Balaban J connectivity index is 1.79. The fourth-order valence-corrected chi connectivity index (χ4v) is 3.85. The first-order valence-electron chi connectivity index (χ1n) is 10.4. The van der Waals surface area contributed by atoms with Crippen LogP contribution < -0.4 is 16.6 Å². The lowest BCUT2D eigenvalue weighted by atomic mass is 9.88. The summed E-state index contributed by atoms with van der Waals surface area (Å²) in [6.07, 6.45) is 5.82. The monoisotopic (exact) mass is 406 g/mol. The van der Waals surface area contributed by atoms with Gasteiger partial charge in [-0.3, -0.25) is 10.2 Å². The van der Waals surface area contributed by atoms with Crippen molar-refractivity contribution in [1.29, 1.82) is 0 Å². The average molecular weight is 407 g/mol. The molecule has 1 atom stereocenters. The van der Waals surface area contributed by atoms with Crippen LogP contribution in [-0.4, -0.2) is 20.7 Å². The number of aromatic nitrogens is 3. The molecule has 0 saturated heterocycles. The minimum absolute atomic E-state index is 0.170. The molecule has 0 radical (unpaired) electrons. The molecule has 3 aromatic rings. The van der Waals surface area contributed by atoms with Gasteiger partial charge in [-0.15, -0.1) is 0 Å². The number of anilines is 2. The molecule has 1 unspecified atom stereocenters. The summed E-state index contributed by atoms with van der Waals surface area (Å²) in [5.41, 5.74) is 7.48. The van der Waals surface area contributed by atoms with E-state index in [-0.39, 0.29) is 18.4 Å². The maximum Gasteiger partial charge on any atom is 0.238 e. The van der Waals surface area contributed by atoms with Crippen LogP contribution in [0.1, 0.15) is 49.4 Å². The first-order valence-corrected chi connectivity index (χ1v) is 10.4. The van der Waals surface area contributed by atoms with Gasteiger partial charge in [0, 0.05) is 11.4 Å². The number of hydrogen-bond acceptors (Lipinski definition) is 5. The average Bonchev–Trinajstić information content (AvgIpc) is 3.29. The topological polar surface area (TPSA) is 97.9 Å². The van der Waals surface area contributed by atoms with Crippen molar-refractivity contribution in [2.24, 2.45) is 11.8 Å². The molecule has 3 rings (SSSR count). The lowest BCUT2D eigenvalue weighted by Crippen LogP contribution is -2.31. The van der Waals surface area contributed by atoms with Crippen LogP contribution in [0.3, 0.4) is 0 Å². The molecule has 2 aromatic carbocycles. The molecule has 0 spiro atoms. The highest BCUT2D eigenvalue weighted by Gasteiger charge is 2.23. The molecule has 158 valence electrons. The van der Waals surface area contributed by atoms with Crippen LogP contribution in [0.4, 0.5) is 11.4 Å². The van der Waals surface area contributed by atoms with E-state index in [2.05, 4.69) is 59.8 Å². The third-order valence-electron chi connectivity index (χ3n) is 5.57. The Hall–Kier alpha value is -3.19. The normalized spacial score (nSPS) is 12.0. The lowest BCUT2D eigenvalue weighted by molar-refractivity contribution is -0.120. The van der Waals surface area contributed by atoms with Crippen LogP contribution >= 0.6 is 0 Å². The summed E-state index contributed by atoms with van der Waals surface area (Å²) in [6, 6.07) is 14.5. The van der Waals surface area contributed by atoms with Crippen molar-refractivity contribution in [3.05, 3.63) is 71.8 Å². The zero-order valence-corrected chi connectivity index (χ0v) is 17.8. The van der Waals surface area contributed by atoms with Crippen LogP contribution in [0, 0.1) is 12.8 Å². The van der Waals surface area contributed by atoms with Gasteiger partial charge < -0.3 is 5.32 Å². The summed E-state index contributed by atoms with van der Waals surface area (Å²) >= 11 is 0. The van der Waals surface area contributed by atoms with E-state index in [4.69, 9.17) is 5.84 Å². The molecule has 0 saturated carbocycles. The van der Waals surface area contributed by atoms with Crippen LogP contribution in [0.15, 0.2) is 55.1 Å². The smallest absolute Gasteiger partial charge is 0.238 e. The van der Waals surface area contributed by atoms with Gasteiger partial charge in [-0.1, -0.05) is 51.0 Å². The molecule has 0 bridgehead atoms. The van der Waals surface area contributed by atoms with E-state index in [1.807, 2.05) is 28.9 Å². The predicted octanol–water partition coefficient (Wildman–Crippen LogP) is 3.89. The number of rotatable bonds is 9. The SMILES string of the molecule is CCC(CC)C(c1ccc(Nc2ccc(CC(=O)NN)cc2)c(C)c1)n1cncn1. The van der Waals surface area contributed by atoms with Crippen molar-refractivity contribution in [2.45, 2.75) is 46.1 Å². The number of nitrogens with one attached hydrogen (secondary N) is 2. The Morgan fingerprint density at radius 3 is 2.43 bits per heavy atom. The van der Waals surface area contributed by atoms with Gasteiger partial charge in [0.2, 0.25) is 5.91 Å². The molecule has 0 aliphatic rings.